The Balaban J connectivity index is 1.77. The van der Waals surface area contributed by atoms with Crippen LogP contribution in [0.25, 0.3) is 10.9 Å². The minimum absolute atomic E-state index is 0.571. The molecule has 0 amide bonds. The van der Waals surface area contributed by atoms with Gasteiger partial charge in [0.2, 0.25) is 0 Å². The summed E-state index contributed by atoms with van der Waals surface area (Å²) in [6.45, 7) is 1.16. The molecule has 2 aliphatic rings. The summed E-state index contributed by atoms with van der Waals surface area (Å²) >= 11 is 1.68. The molecular formula is C17H20N2OS. The summed E-state index contributed by atoms with van der Waals surface area (Å²) in [6.07, 6.45) is 7.02. The number of piperidine rings is 1. The van der Waals surface area contributed by atoms with Crippen molar-refractivity contribution in [2.75, 3.05) is 12.3 Å². The largest absolute Gasteiger partial charge is 0.337 e. The number of hydrogen-bond donors (Lipinski definition) is 1. The molecule has 3 nitrogen and oxygen atoms in total. The van der Waals surface area contributed by atoms with Crippen molar-refractivity contribution in [1.29, 1.82) is 0 Å². The monoisotopic (exact) mass is 300 g/mol. The third-order valence-electron chi connectivity index (χ3n) is 4.86. The van der Waals surface area contributed by atoms with Crippen molar-refractivity contribution in [3.63, 3.8) is 0 Å². The molecule has 110 valence electrons. The molecular weight excluding hydrogens is 280 g/mol. The minimum Gasteiger partial charge on any atom is -0.337 e. The number of nitrogens with one attached hydrogen (secondary N) is 1. The molecule has 2 heterocycles. The van der Waals surface area contributed by atoms with E-state index in [1.165, 1.54) is 34.9 Å². The van der Waals surface area contributed by atoms with E-state index in [4.69, 9.17) is 0 Å². The number of fused-ring (bicyclic) bond motifs is 2. The van der Waals surface area contributed by atoms with Crippen molar-refractivity contribution in [2.24, 2.45) is 0 Å². The SMILES string of the molecule is O=CCSCn1cc2c3c(cccc31)[C@H]1CCCN[C@@H]1C2. The lowest BCUT2D eigenvalue weighted by Gasteiger charge is -2.36. The van der Waals surface area contributed by atoms with Crippen LogP contribution >= 0.6 is 11.8 Å². The first kappa shape index (κ1) is 13.4. The van der Waals surface area contributed by atoms with E-state index in [0.29, 0.717) is 17.7 Å². The highest BCUT2D eigenvalue weighted by Gasteiger charge is 2.33. The molecule has 4 heteroatoms. The summed E-state index contributed by atoms with van der Waals surface area (Å²) in [4.78, 5) is 10.5. The van der Waals surface area contributed by atoms with Gasteiger partial charge in [-0.3, -0.25) is 0 Å². The van der Waals surface area contributed by atoms with Gasteiger partial charge in [0, 0.05) is 29.1 Å². The Morgan fingerprint density at radius 2 is 2.38 bits per heavy atom. The molecule has 1 aromatic heterocycles. The lowest BCUT2D eigenvalue weighted by molar-refractivity contribution is -0.105. The van der Waals surface area contributed by atoms with Gasteiger partial charge in [0.15, 0.2) is 0 Å². The number of carbonyl (C=O) groups is 1. The van der Waals surface area contributed by atoms with Gasteiger partial charge in [0.05, 0.1) is 11.6 Å². The van der Waals surface area contributed by atoms with Gasteiger partial charge in [0.25, 0.3) is 0 Å². The first-order valence-electron chi connectivity index (χ1n) is 7.74. The highest BCUT2D eigenvalue weighted by molar-refractivity contribution is 7.98. The number of hydrogen-bond acceptors (Lipinski definition) is 3. The van der Waals surface area contributed by atoms with Gasteiger partial charge >= 0.3 is 0 Å². The molecule has 1 aliphatic heterocycles. The number of carbonyl (C=O) groups excluding carboxylic acids is 1. The maximum Gasteiger partial charge on any atom is 0.129 e. The number of nitrogens with zero attached hydrogens (tertiary/aromatic N) is 1. The van der Waals surface area contributed by atoms with Crippen LogP contribution in [0.1, 0.15) is 29.9 Å². The summed E-state index contributed by atoms with van der Waals surface area (Å²) in [5, 5.41) is 5.19. The highest BCUT2D eigenvalue weighted by atomic mass is 32.2. The summed E-state index contributed by atoms with van der Waals surface area (Å²) in [7, 11) is 0. The van der Waals surface area contributed by atoms with Crippen LogP contribution in [0.2, 0.25) is 0 Å². The molecule has 0 saturated carbocycles. The Bertz CT molecular complexity index is 679. The van der Waals surface area contributed by atoms with Crippen molar-refractivity contribution in [2.45, 2.75) is 37.1 Å². The number of benzene rings is 1. The molecule has 1 aliphatic carbocycles. The fourth-order valence-electron chi connectivity index (χ4n) is 4.02. The van der Waals surface area contributed by atoms with Crippen LogP contribution in [0.4, 0.5) is 0 Å². The van der Waals surface area contributed by atoms with Gasteiger partial charge in [-0.05, 0) is 43.0 Å². The number of rotatable bonds is 4. The molecule has 0 spiro atoms. The van der Waals surface area contributed by atoms with Crippen LogP contribution in [0.3, 0.4) is 0 Å². The van der Waals surface area contributed by atoms with E-state index in [-0.39, 0.29) is 0 Å². The Kier molecular flexibility index (Phi) is 3.51. The van der Waals surface area contributed by atoms with E-state index in [0.717, 1.165) is 25.1 Å². The molecule has 1 saturated heterocycles. The zero-order valence-electron chi connectivity index (χ0n) is 12.0. The number of aldehydes is 1. The zero-order chi connectivity index (χ0) is 14.2. The highest BCUT2D eigenvalue weighted by Crippen LogP contribution is 2.41. The second-order valence-electron chi connectivity index (χ2n) is 6.05. The van der Waals surface area contributed by atoms with Crippen molar-refractivity contribution >= 4 is 29.0 Å². The first-order valence-corrected chi connectivity index (χ1v) is 8.89. The van der Waals surface area contributed by atoms with Gasteiger partial charge in [-0.15, -0.1) is 11.8 Å². The van der Waals surface area contributed by atoms with E-state index in [1.807, 2.05) is 0 Å². The fourth-order valence-corrected chi connectivity index (χ4v) is 4.63. The second-order valence-corrected chi connectivity index (χ2v) is 7.05. The number of thioether (sulfide) groups is 1. The lowest BCUT2D eigenvalue weighted by Crippen LogP contribution is -2.43. The van der Waals surface area contributed by atoms with Crippen molar-refractivity contribution in [3.05, 3.63) is 35.5 Å². The maximum absolute atomic E-state index is 10.5. The van der Waals surface area contributed by atoms with E-state index in [2.05, 4.69) is 34.3 Å². The Morgan fingerprint density at radius 1 is 1.43 bits per heavy atom. The molecule has 2 aromatic rings. The van der Waals surface area contributed by atoms with Crippen LogP contribution < -0.4 is 5.32 Å². The Hall–Kier alpha value is -1.26. The van der Waals surface area contributed by atoms with Crippen LogP contribution in [0, 0.1) is 0 Å². The normalized spacial score (nSPS) is 24.0. The second kappa shape index (κ2) is 5.50. The molecule has 4 rings (SSSR count). The third-order valence-corrected chi connectivity index (χ3v) is 5.69. The quantitative estimate of drug-likeness (QED) is 0.696. The lowest BCUT2D eigenvalue weighted by atomic mass is 9.76. The molecule has 1 fully saturated rings. The topological polar surface area (TPSA) is 34.0 Å². The Morgan fingerprint density at radius 3 is 3.29 bits per heavy atom. The van der Waals surface area contributed by atoms with Gasteiger partial charge in [-0.1, -0.05) is 12.1 Å². The summed E-state index contributed by atoms with van der Waals surface area (Å²) < 4.78 is 2.32. The molecule has 0 radical (unpaired) electrons. The summed E-state index contributed by atoms with van der Waals surface area (Å²) in [5.74, 6) is 2.11. The fraction of sp³-hybridized carbons (Fsp3) is 0.471. The molecule has 1 N–H and O–H groups in total. The van der Waals surface area contributed by atoms with E-state index in [1.54, 1.807) is 11.8 Å². The van der Waals surface area contributed by atoms with Gasteiger partial charge < -0.3 is 14.7 Å². The van der Waals surface area contributed by atoms with Gasteiger partial charge in [-0.2, -0.15) is 0 Å². The summed E-state index contributed by atoms with van der Waals surface area (Å²) in [6, 6.07) is 7.34. The van der Waals surface area contributed by atoms with E-state index < -0.39 is 0 Å². The Labute approximate surface area is 129 Å². The minimum atomic E-state index is 0.571. The zero-order valence-corrected chi connectivity index (χ0v) is 12.9. The van der Waals surface area contributed by atoms with Gasteiger partial charge in [-0.25, -0.2) is 0 Å². The summed E-state index contributed by atoms with van der Waals surface area (Å²) in [5.41, 5.74) is 4.35. The molecule has 0 bridgehead atoms. The van der Waals surface area contributed by atoms with Gasteiger partial charge in [0.1, 0.15) is 6.29 Å². The molecule has 21 heavy (non-hydrogen) atoms. The van der Waals surface area contributed by atoms with Crippen LogP contribution in [0.15, 0.2) is 24.4 Å². The maximum atomic E-state index is 10.5. The van der Waals surface area contributed by atoms with Crippen molar-refractivity contribution < 1.29 is 4.79 Å². The molecule has 1 aromatic carbocycles. The smallest absolute Gasteiger partial charge is 0.129 e. The van der Waals surface area contributed by atoms with Crippen LogP contribution in [0.5, 0.6) is 0 Å². The van der Waals surface area contributed by atoms with Crippen molar-refractivity contribution in [1.82, 2.24) is 9.88 Å². The predicted molar refractivity (Wildman–Crippen MR) is 87.9 cm³/mol. The molecule has 2 atom stereocenters. The van der Waals surface area contributed by atoms with Crippen LogP contribution in [-0.4, -0.2) is 29.2 Å². The van der Waals surface area contributed by atoms with Crippen LogP contribution in [-0.2, 0) is 17.1 Å². The number of aromatic nitrogens is 1. The first-order chi connectivity index (χ1) is 10.4. The predicted octanol–water partition coefficient (Wildman–Crippen LogP) is 2.92. The standard InChI is InChI=1S/C17H20N2OS/c20-7-8-21-11-19-10-12-9-15-13(4-2-6-18-15)14-3-1-5-16(19)17(12)14/h1,3,5,7,10,13,15,18H,2,4,6,8-9,11H2/t13-,15-/m1/s1. The average molecular weight is 300 g/mol. The average Bonchev–Trinajstić information content (AvgIpc) is 2.87. The van der Waals surface area contributed by atoms with E-state index >= 15 is 0 Å². The third kappa shape index (κ3) is 2.21. The van der Waals surface area contributed by atoms with E-state index in [9.17, 15) is 4.79 Å². The molecule has 0 unspecified atom stereocenters. The van der Waals surface area contributed by atoms with Crippen molar-refractivity contribution in [3.8, 4) is 0 Å².